The van der Waals surface area contributed by atoms with Crippen molar-refractivity contribution in [2.75, 3.05) is 46.5 Å². The van der Waals surface area contributed by atoms with Crippen LogP contribution in [0, 0.1) is 18.8 Å². The van der Waals surface area contributed by atoms with Crippen molar-refractivity contribution in [1.29, 1.82) is 0 Å². The summed E-state index contributed by atoms with van der Waals surface area (Å²) in [5.41, 5.74) is 1.58. The molecule has 13 nitrogen and oxygen atoms in total. The summed E-state index contributed by atoms with van der Waals surface area (Å²) in [6.07, 6.45) is 2.84. The number of nitrogens with zero attached hydrogens (tertiary/aromatic N) is 2. The van der Waals surface area contributed by atoms with E-state index in [0.717, 1.165) is 18.4 Å². The fraction of sp³-hybridized carbons (Fsp3) is 0.529. The Morgan fingerprint density at radius 2 is 1.62 bits per heavy atom. The molecule has 262 valence electrons. The molecule has 48 heavy (non-hydrogen) atoms. The van der Waals surface area contributed by atoms with Crippen LogP contribution in [-0.2, 0) is 33.4 Å². The fourth-order valence-electron chi connectivity index (χ4n) is 5.98. The van der Waals surface area contributed by atoms with E-state index >= 15 is 0 Å². The Bertz CT molecular complexity index is 1510. The largest absolute Gasteiger partial charge is 0.491 e. The molecule has 0 aliphatic carbocycles. The first kappa shape index (κ1) is 36.7. The molecule has 2 aliphatic rings. The topological polar surface area (TPSA) is 169 Å². The molecule has 2 N–H and O–H groups in total. The van der Waals surface area contributed by atoms with E-state index in [9.17, 15) is 27.6 Å². The van der Waals surface area contributed by atoms with Crippen molar-refractivity contribution < 1.29 is 46.4 Å². The highest BCUT2D eigenvalue weighted by molar-refractivity contribution is 7.86. The van der Waals surface area contributed by atoms with Gasteiger partial charge in [0.25, 0.3) is 10.1 Å². The molecule has 0 radical (unpaired) electrons. The van der Waals surface area contributed by atoms with E-state index in [1.54, 1.807) is 41.3 Å². The third-order valence-electron chi connectivity index (χ3n) is 8.89. The Kier molecular flexibility index (Phi) is 13.2. The third kappa shape index (κ3) is 10.7. The van der Waals surface area contributed by atoms with Crippen molar-refractivity contribution in [2.24, 2.45) is 11.8 Å². The number of aryl methyl sites for hydroxylation is 1. The van der Waals surface area contributed by atoms with Gasteiger partial charge in [0.1, 0.15) is 19.0 Å². The second-order valence-corrected chi connectivity index (χ2v) is 13.9. The van der Waals surface area contributed by atoms with Crippen LogP contribution in [0.1, 0.15) is 62.1 Å². The number of nitrogens with one attached hydrogen (secondary N) is 1. The van der Waals surface area contributed by atoms with Gasteiger partial charge in [0, 0.05) is 32.6 Å². The van der Waals surface area contributed by atoms with E-state index in [4.69, 9.17) is 18.8 Å². The first-order valence-corrected chi connectivity index (χ1v) is 17.7. The highest BCUT2D eigenvalue weighted by Gasteiger charge is 2.31. The summed E-state index contributed by atoms with van der Waals surface area (Å²) < 4.78 is 40.3. The third-order valence-corrected chi connectivity index (χ3v) is 10.2. The van der Waals surface area contributed by atoms with E-state index in [-0.39, 0.29) is 36.3 Å². The normalized spacial score (nSPS) is 17.8. The molecular formula is C34H45N3O10S. The molecule has 2 atom stereocenters. The fourth-order valence-corrected chi connectivity index (χ4v) is 6.87. The zero-order valence-electron chi connectivity index (χ0n) is 27.5. The van der Waals surface area contributed by atoms with Gasteiger partial charge < -0.3 is 29.7 Å². The predicted octanol–water partition coefficient (Wildman–Crippen LogP) is 3.91. The number of esters is 1. The van der Waals surface area contributed by atoms with Gasteiger partial charge in [-0.25, -0.2) is 4.79 Å². The molecule has 2 saturated heterocycles. The minimum absolute atomic E-state index is 0.00647. The maximum absolute atomic E-state index is 13.4. The van der Waals surface area contributed by atoms with Crippen molar-refractivity contribution >= 4 is 34.0 Å². The molecule has 4 rings (SSSR count). The number of likely N-dealkylation sites (tertiary alicyclic amines) is 2. The van der Waals surface area contributed by atoms with E-state index in [0.29, 0.717) is 69.1 Å². The Labute approximate surface area is 281 Å². The maximum atomic E-state index is 13.4. The van der Waals surface area contributed by atoms with Crippen molar-refractivity contribution in [3.05, 3.63) is 59.7 Å². The van der Waals surface area contributed by atoms with E-state index in [2.05, 4.69) is 5.32 Å². The molecule has 0 bridgehead atoms. The van der Waals surface area contributed by atoms with E-state index in [1.807, 2.05) is 6.92 Å². The molecule has 2 aromatic carbocycles. The van der Waals surface area contributed by atoms with Crippen LogP contribution in [0.2, 0.25) is 0 Å². The summed E-state index contributed by atoms with van der Waals surface area (Å²) in [5, 5.41) is 12.1. The van der Waals surface area contributed by atoms with E-state index < -0.39 is 34.1 Å². The van der Waals surface area contributed by atoms with Crippen LogP contribution in [0.25, 0.3) is 0 Å². The van der Waals surface area contributed by atoms with Gasteiger partial charge in [-0.2, -0.15) is 8.42 Å². The molecule has 2 aliphatic heterocycles. The SMILES string of the molecule is COC(=O)CC(NC(=O)[C@@H]1CCCN(C(=O)CCC2CCN(C(=O)O)CC2)C1)c1ccc(OCCOS(=O)(=O)c2ccc(C)cc2)cc1. The zero-order chi connectivity index (χ0) is 34.7. The zero-order valence-corrected chi connectivity index (χ0v) is 28.3. The quantitative estimate of drug-likeness (QED) is 0.169. The Morgan fingerprint density at radius 3 is 2.27 bits per heavy atom. The number of carbonyl (C=O) groups excluding carboxylic acids is 3. The molecule has 2 aromatic rings. The van der Waals surface area contributed by atoms with Gasteiger partial charge >= 0.3 is 12.1 Å². The van der Waals surface area contributed by atoms with Gasteiger partial charge in [-0.1, -0.05) is 29.8 Å². The molecule has 2 heterocycles. The summed E-state index contributed by atoms with van der Waals surface area (Å²) >= 11 is 0. The lowest BCUT2D eigenvalue weighted by Crippen LogP contribution is -2.46. The molecular weight excluding hydrogens is 642 g/mol. The number of methoxy groups -OCH3 is 1. The smallest absolute Gasteiger partial charge is 0.407 e. The number of ether oxygens (including phenoxy) is 2. The van der Waals surface area contributed by atoms with Gasteiger partial charge in [0.15, 0.2) is 0 Å². The van der Waals surface area contributed by atoms with Gasteiger partial charge in [0.2, 0.25) is 11.8 Å². The first-order valence-electron chi connectivity index (χ1n) is 16.3. The minimum atomic E-state index is -3.91. The average Bonchev–Trinajstić information content (AvgIpc) is 3.09. The van der Waals surface area contributed by atoms with Crippen LogP contribution in [0.4, 0.5) is 4.79 Å². The molecule has 2 fully saturated rings. The molecule has 1 unspecified atom stereocenters. The number of benzene rings is 2. The average molecular weight is 688 g/mol. The molecule has 0 saturated carbocycles. The molecule has 3 amide bonds. The predicted molar refractivity (Wildman–Crippen MR) is 175 cm³/mol. The van der Waals surface area contributed by atoms with Crippen molar-refractivity contribution in [3.63, 3.8) is 0 Å². The summed E-state index contributed by atoms with van der Waals surface area (Å²) in [6.45, 7) is 3.49. The van der Waals surface area contributed by atoms with Crippen molar-refractivity contribution in [1.82, 2.24) is 15.1 Å². The Balaban J connectivity index is 1.27. The van der Waals surface area contributed by atoms with Crippen LogP contribution in [-0.4, -0.2) is 93.7 Å². The van der Waals surface area contributed by atoms with Gasteiger partial charge in [-0.3, -0.25) is 18.6 Å². The number of carbonyl (C=O) groups is 4. The molecule has 14 heteroatoms. The van der Waals surface area contributed by atoms with Crippen molar-refractivity contribution in [2.45, 2.75) is 62.8 Å². The highest BCUT2D eigenvalue weighted by atomic mass is 32.2. The van der Waals surface area contributed by atoms with Crippen LogP contribution in [0.15, 0.2) is 53.4 Å². The van der Waals surface area contributed by atoms with Gasteiger partial charge in [-0.15, -0.1) is 0 Å². The Morgan fingerprint density at radius 1 is 0.938 bits per heavy atom. The first-order chi connectivity index (χ1) is 22.9. The lowest BCUT2D eigenvalue weighted by Gasteiger charge is -2.34. The lowest BCUT2D eigenvalue weighted by atomic mass is 9.91. The molecule has 0 aromatic heterocycles. The standard InChI is InChI=1S/C34H45N3O10S/c1-24-5-12-29(13-6-24)48(43,44)47-21-20-46-28-10-8-26(9-11-28)30(22-32(39)45-2)35-33(40)27-4-3-17-37(23-27)31(38)14-7-25-15-18-36(19-16-25)34(41)42/h5-6,8-13,25,27,30H,3-4,7,14-23H2,1-2H3,(H,35,40)(H,41,42)/t27-,30?/m1/s1. The molecule has 0 spiro atoms. The number of carboxylic acid groups (broad SMARTS) is 1. The second kappa shape index (κ2) is 17.3. The summed E-state index contributed by atoms with van der Waals surface area (Å²) in [6, 6.07) is 12.4. The second-order valence-electron chi connectivity index (χ2n) is 12.3. The van der Waals surface area contributed by atoms with Gasteiger partial charge in [0.05, 0.1) is 30.4 Å². The highest BCUT2D eigenvalue weighted by Crippen LogP contribution is 2.26. The summed E-state index contributed by atoms with van der Waals surface area (Å²) in [4.78, 5) is 53.0. The van der Waals surface area contributed by atoms with Gasteiger partial charge in [-0.05, 0) is 74.8 Å². The van der Waals surface area contributed by atoms with Crippen molar-refractivity contribution in [3.8, 4) is 5.75 Å². The summed E-state index contributed by atoms with van der Waals surface area (Å²) in [5.74, 6) is -0.435. The van der Waals surface area contributed by atoms with Crippen LogP contribution < -0.4 is 10.1 Å². The monoisotopic (exact) mass is 687 g/mol. The Hall–Kier alpha value is -4.17. The van der Waals surface area contributed by atoms with Crippen LogP contribution in [0.5, 0.6) is 5.75 Å². The number of hydrogen-bond acceptors (Lipinski definition) is 9. The van der Waals surface area contributed by atoms with Crippen LogP contribution in [0.3, 0.4) is 0 Å². The number of amides is 3. The maximum Gasteiger partial charge on any atom is 0.407 e. The van der Waals surface area contributed by atoms with Crippen LogP contribution >= 0.6 is 0 Å². The number of hydrogen-bond donors (Lipinski definition) is 2. The summed E-state index contributed by atoms with van der Waals surface area (Å²) in [7, 11) is -2.63. The number of rotatable bonds is 14. The number of piperidine rings is 2. The lowest BCUT2D eigenvalue weighted by molar-refractivity contribution is -0.141. The van der Waals surface area contributed by atoms with E-state index in [1.165, 1.54) is 24.1 Å². The minimum Gasteiger partial charge on any atom is -0.491 e.